The van der Waals surface area contributed by atoms with Crippen LogP contribution in [0.4, 0.5) is 5.69 Å². The number of carboxylic acids is 1. The molecule has 17 heavy (non-hydrogen) atoms. The highest BCUT2D eigenvalue weighted by atomic mass is 16.4. The number of rotatable bonds is 3. The lowest BCUT2D eigenvalue weighted by Gasteiger charge is -2.38. The van der Waals surface area contributed by atoms with E-state index in [0.29, 0.717) is 18.8 Å². The lowest BCUT2D eigenvalue weighted by atomic mass is 9.96. The van der Waals surface area contributed by atoms with Crippen LogP contribution in [0.25, 0.3) is 0 Å². The summed E-state index contributed by atoms with van der Waals surface area (Å²) in [6.07, 6.45) is 1.61. The highest BCUT2D eigenvalue weighted by Crippen LogP contribution is 2.22. The molecule has 1 aliphatic rings. The molecular formula is C11H13N3O3. The van der Waals surface area contributed by atoms with Gasteiger partial charge in [-0.2, -0.15) is 0 Å². The predicted octanol–water partition coefficient (Wildman–Crippen LogP) is 0.211. The van der Waals surface area contributed by atoms with Crippen LogP contribution in [-0.2, 0) is 4.79 Å². The second-order valence-electron chi connectivity index (χ2n) is 4.12. The fourth-order valence-corrected chi connectivity index (χ4v) is 1.86. The van der Waals surface area contributed by atoms with Gasteiger partial charge < -0.3 is 15.7 Å². The summed E-state index contributed by atoms with van der Waals surface area (Å²) in [5.41, 5.74) is 6.23. The summed E-state index contributed by atoms with van der Waals surface area (Å²) in [7, 11) is 0. The summed E-state index contributed by atoms with van der Waals surface area (Å²) in [5, 5.41) is 8.60. The zero-order valence-electron chi connectivity index (χ0n) is 9.17. The average Bonchev–Trinajstić information content (AvgIpc) is 2.22. The van der Waals surface area contributed by atoms with Gasteiger partial charge in [-0.1, -0.05) is 0 Å². The summed E-state index contributed by atoms with van der Waals surface area (Å²) >= 11 is 0. The normalized spacial score (nSPS) is 15.4. The maximum Gasteiger partial charge on any atom is 0.303 e. The largest absolute Gasteiger partial charge is 0.481 e. The zero-order valence-corrected chi connectivity index (χ0v) is 9.17. The smallest absolute Gasteiger partial charge is 0.303 e. The highest BCUT2D eigenvalue weighted by Gasteiger charge is 2.33. The Labute approximate surface area is 98.1 Å². The van der Waals surface area contributed by atoms with Gasteiger partial charge in [0.2, 0.25) is 0 Å². The Kier molecular flexibility index (Phi) is 2.95. The summed E-state index contributed by atoms with van der Waals surface area (Å²) in [4.78, 5) is 27.9. The molecule has 3 N–H and O–H groups in total. The number of amides is 1. The molecule has 1 aromatic heterocycles. The van der Waals surface area contributed by atoms with Gasteiger partial charge >= 0.3 is 5.97 Å². The topological polar surface area (TPSA) is 96.5 Å². The van der Waals surface area contributed by atoms with Crippen LogP contribution >= 0.6 is 0 Å². The first-order valence-electron chi connectivity index (χ1n) is 5.29. The van der Waals surface area contributed by atoms with E-state index in [0.717, 1.165) is 0 Å². The van der Waals surface area contributed by atoms with Crippen LogP contribution < -0.4 is 5.73 Å². The van der Waals surface area contributed by atoms with E-state index in [-0.39, 0.29) is 23.9 Å². The van der Waals surface area contributed by atoms with Crippen molar-refractivity contribution in [3.05, 3.63) is 24.0 Å². The first-order valence-corrected chi connectivity index (χ1v) is 5.29. The molecule has 0 atom stereocenters. The molecule has 1 saturated heterocycles. The number of hydrogen-bond donors (Lipinski definition) is 2. The van der Waals surface area contributed by atoms with Gasteiger partial charge in [0.1, 0.15) is 0 Å². The zero-order chi connectivity index (χ0) is 12.4. The summed E-state index contributed by atoms with van der Waals surface area (Å²) in [6, 6.07) is 3.28. The fourth-order valence-electron chi connectivity index (χ4n) is 1.86. The van der Waals surface area contributed by atoms with Gasteiger partial charge in [-0.25, -0.2) is 4.98 Å². The third-order valence-electron chi connectivity index (χ3n) is 2.75. The number of anilines is 1. The van der Waals surface area contributed by atoms with Crippen LogP contribution in [0.2, 0.25) is 0 Å². The molecule has 6 nitrogen and oxygen atoms in total. The molecule has 90 valence electrons. The van der Waals surface area contributed by atoms with E-state index in [2.05, 4.69) is 4.98 Å². The maximum atomic E-state index is 11.9. The van der Waals surface area contributed by atoms with E-state index < -0.39 is 5.97 Å². The molecular weight excluding hydrogens is 222 g/mol. The Bertz CT molecular complexity index is 455. The van der Waals surface area contributed by atoms with E-state index in [4.69, 9.17) is 10.8 Å². The summed E-state index contributed by atoms with van der Waals surface area (Å²) in [6.45, 7) is 0.919. The molecule has 2 heterocycles. The standard InChI is InChI=1S/C11H13N3O3/c12-8-2-1-3-13-10(8)11(17)14-5-7(6-14)4-9(15)16/h1-3,7H,4-6,12H2,(H,15,16). The lowest BCUT2D eigenvalue weighted by molar-refractivity contribution is -0.139. The monoisotopic (exact) mass is 235 g/mol. The van der Waals surface area contributed by atoms with Crippen molar-refractivity contribution >= 4 is 17.6 Å². The van der Waals surface area contributed by atoms with Crippen LogP contribution in [0.5, 0.6) is 0 Å². The van der Waals surface area contributed by atoms with Gasteiger partial charge in [-0.15, -0.1) is 0 Å². The Balaban J connectivity index is 1.96. The number of nitrogens with zero attached hydrogens (tertiary/aromatic N) is 2. The number of carbonyl (C=O) groups is 2. The fraction of sp³-hybridized carbons (Fsp3) is 0.364. The molecule has 1 aromatic rings. The van der Waals surface area contributed by atoms with Crippen molar-refractivity contribution in [2.24, 2.45) is 5.92 Å². The van der Waals surface area contributed by atoms with Gasteiger partial charge in [-0.3, -0.25) is 9.59 Å². The van der Waals surface area contributed by atoms with E-state index in [1.54, 1.807) is 17.0 Å². The molecule has 1 aliphatic heterocycles. The number of hydrogen-bond acceptors (Lipinski definition) is 4. The third-order valence-corrected chi connectivity index (χ3v) is 2.75. The summed E-state index contributed by atoms with van der Waals surface area (Å²) in [5.74, 6) is -1.02. The van der Waals surface area contributed by atoms with Crippen molar-refractivity contribution in [2.45, 2.75) is 6.42 Å². The number of aliphatic carboxylic acids is 1. The van der Waals surface area contributed by atoms with Crippen LogP contribution in [0.15, 0.2) is 18.3 Å². The van der Waals surface area contributed by atoms with Crippen molar-refractivity contribution in [3.63, 3.8) is 0 Å². The van der Waals surface area contributed by atoms with Gasteiger partial charge in [0.25, 0.3) is 5.91 Å². The van der Waals surface area contributed by atoms with Crippen LogP contribution in [0.1, 0.15) is 16.9 Å². The molecule has 6 heteroatoms. The minimum absolute atomic E-state index is 0.0430. The van der Waals surface area contributed by atoms with Gasteiger partial charge in [0.05, 0.1) is 12.1 Å². The first kappa shape index (κ1) is 11.4. The average molecular weight is 235 g/mol. The molecule has 1 fully saturated rings. The minimum atomic E-state index is -0.834. The van der Waals surface area contributed by atoms with E-state index in [1.807, 2.05) is 0 Å². The van der Waals surface area contributed by atoms with E-state index in [1.165, 1.54) is 6.20 Å². The lowest BCUT2D eigenvalue weighted by Crippen LogP contribution is -2.50. The second kappa shape index (κ2) is 4.40. The number of pyridine rings is 1. The Morgan fingerprint density at radius 2 is 2.24 bits per heavy atom. The molecule has 0 saturated carbocycles. The second-order valence-corrected chi connectivity index (χ2v) is 4.12. The van der Waals surface area contributed by atoms with Gasteiger partial charge in [-0.05, 0) is 12.1 Å². The summed E-state index contributed by atoms with van der Waals surface area (Å²) < 4.78 is 0. The van der Waals surface area contributed by atoms with Crippen molar-refractivity contribution in [1.29, 1.82) is 0 Å². The molecule has 0 aromatic carbocycles. The van der Waals surface area contributed by atoms with Gasteiger partial charge in [0.15, 0.2) is 5.69 Å². The molecule has 0 radical (unpaired) electrons. The van der Waals surface area contributed by atoms with E-state index in [9.17, 15) is 9.59 Å². The third kappa shape index (κ3) is 2.35. The number of carboxylic acid groups (broad SMARTS) is 1. The van der Waals surface area contributed by atoms with Crippen LogP contribution in [0.3, 0.4) is 0 Å². The highest BCUT2D eigenvalue weighted by molar-refractivity contribution is 5.97. The molecule has 0 aliphatic carbocycles. The van der Waals surface area contributed by atoms with Crippen molar-refractivity contribution < 1.29 is 14.7 Å². The van der Waals surface area contributed by atoms with Crippen LogP contribution in [0, 0.1) is 5.92 Å². The number of aromatic nitrogens is 1. The molecule has 0 bridgehead atoms. The molecule has 0 spiro atoms. The van der Waals surface area contributed by atoms with Crippen molar-refractivity contribution in [1.82, 2.24) is 9.88 Å². The Morgan fingerprint density at radius 3 is 2.82 bits per heavy atom. The predicted molar refractivity (Wildman–Crippen MR) is 60.3 cm³/mol. The number of nitrogens with two attached hydrogens (primary N) is 1. The SMILES string of the molecule is Nc1cccnc1C(=O)N1CC(CC(=O)O)C1. The first-order chi connectivity index (χ1) is 8.08. The minimum Gasteiger partial charge on any atom is -0.481 e. The maximum absolute atomic E-state index is 11.9. The van der Waals surface area contributed by atoms with Gasteiger partial charge in [0, 0.05) is 25.2 Å². The number of carbonyl (C=O) groups excluding carboxylic acids is 1. The molecule has 0 unspecified atom stereocenters. The van der Waals surface area contributed by atoms with Crippen molar-refractivity contribution in [3.8, 4) is 0 Å². The van der Waals surface area contributed by atoms with Crippen molar-refractivity contribution in [2.75, 3.05) is 18.8 Å². The molecule has 1 amide bonds. The van der Waals surface area contributed by atoms with E-state index >= 15 is 0 Å². The van der Waals surface area contributed by atoms with Crippen LogP contribution in [-0.4, -0.2) is 40.0 Å². The quantitative estimate of drug-likeness (QED) is 0.780. The number of likely N-dealkylation sites (tertiary alicyclic amines) is 1. The number of nitrogen functional groups attached to an aromatic ring is 1. The molecule has 2 rings (SSSR count). The Hall–Kier alpha value is -2.11. The Morgan fingerprint density at radius 1 is 1.53 bits per heavy atom.